The van der Waals surface area contributed by atoms with Gasteiger partial charge >= 0.3 is 0 Å². The van der Waals surface area contributed by atoms with Crippen LogP contribution in [0, 0.1) is 11.3 Å². The van der Waals surface area contributed by atoms with Crippen LogP contribution in [0.5, 0.6) is 0 Å². The number of hydrogen-bond acceptors (Lipinski definition) is 3. The Kier molecular flexibility index (Phi) is 6.02. The van der Waals surface area contributed by atoms with Crippen molar-refractivity contribution in [3.63, 3.8) is 0 Å². The summed E-state index contributed by atoms with van der Waals surface area (Å²) in [6, 6.07) is 0. The highest BCUT2D eigenvalue weighted by atomic mass is 32.2. The summed E-state index contributed by atoms with van der Waals surface area (Å²) >= 11 is 0. The summed E-state index contributed by atoms with van der Waals surface area (Å²) in [7, 11) is -3.05. The first-order valence-corrected chi connectivity index (χ1v) is 8.95. The standard InChI is InChI=1S/C14H28N2O2S/c1-5-14(3,12-15-6-2)10-13-8-7-9-16(11-13)19(4,17)18/h5,13,15H,1,6-12H2,2-4H3. The zero-order chi connectivity index (χ0) is 14.5. The Balaban J connectivity index is 2.62. The highest BCUT2D eigenvalue weighted by Gasteiger charge is 2.30. The van der Waals surface area contributed by atoms with Crippen molar-refractivity contribution in [1.82, 2.24) is 9.62 Å². The van der Waals surface area contributed by atoms with Gasteiger partial charge in [0, 0.05) is 19.6 Å². The minimum atomic E-state index is -3.05. The number of nitrogens with one attached hydrogen (secondary N) is 1. The van der Waals surface area contributed by atoms with Crippen LogP contribution in [0.4, 0.5) is 0 Å². The predicted octanol–water partition coefficient (Wildman–Crippen LogP) is 1.85. The molecular formula is C14H28N2O2S. The lowest BCUT2D eigenvalue weighted by molar-refractivity contribution is 0.204. The number of hydrogen-bond donors (Lipinski definition) is 1. The average Bonchev–Trinajstić information content (AvgIpc) is 2.36. The summed E-state index contributed by atoms with van der Waals surface area (Å²) in [6.07, 6.45) is 6.39. The number of piperidine rings is 1. The molecule has 1 fully saturated rings. The van der Waals surface area contributed by atoms with Gasteiger partial charge in [0.15, 0.2) is 0 Å². The molecule has 0 spiro atoms. The Morgan fingerprint density at radius 2 is 2.21 bits per heavy atom. The molecule has 0 amide bonds. The van der Waals surface area contributed by atoms with Crippen LogP contribution in [-0.4, -0.2) is 45.2 Å². The van der Waals surface area contributed by atoms with Gasteiger partial charge in [-0.2, -0.15) is 0 Å². The molecule has 0 aromatic heterocycles. The second-order valence-electron chi connectivity index (χ2n) is 5.97. The van der Waals surface area contributed by atoms with E-state index < -0.39 is 10.0 Å². The molecule has 0 bridgehead atoms. The Bertz CT molecular complexity index is 394. The monoisotopic (exact) mass is 288 g/mol. The summed E-state index contributed by atoms with van der Waals surface area (Å²) < 4.78 is 24.9. The Labute approximate surface area is 118 Å². The second kappa shape index (κ2) is 6.86. The van der Waals surface area contributed by atoms with Crippen molar-refractivity contribution in [2.75, 3.05) is 32.4 Å². The summed E-state index contributed by atoms with van der Waals surface area (Å²) in [4.78, 5) is 0. The topological polar surface area (TPSA) is 49.4 Å². The van der Waals surface area contributed by atoms with E-state index in [0.717, 1.165) is 32.4 Å². The maximum atomic E-state index is 11.6. The Morgan fingerprint density at radius 3 is 2.74 bits per heavy atom. The molecule has 2 unspecified atom stereocenters. The van der Waals surface area contributed by atoms with Crippen molar-refractivity contribution in [2.45, 2.75) is 33.1 Å². The van der Waals surface area contributed by atoms with Crippen LogP contribution in [0.15, 0.2) is 12.7 Å². The Hall–Kier alpha value is -0.390. The third-order valence-electron chi connectivity index (χ3n) is 3.98. The van der Waals surface area contributed by atoms with Crippen molar-refractivity contribution in [3.05, 3.63) is 12.7 Å². The molecule has 5 heteroatoms. The maximum absolute atomic E-state index is 11.6. The van der Waals surface area contributed by atoms with E-state index in [9.17, 15) is 8.42 Å². The van der Waals surface area contributed by atoms with Crippen molar-refractivity contribution in [3.8, 4) is 0 Å². The number of sulfonamides is 1. The van der Waals surface area contributed by atoms with E-state index in [1.54, 1.807) is 4.31 Å². The van der Waals surface area contributed by atoms with E-state index in [4.69, 9.17) is 0 Å². The zero-order valence-corrected chi connectivity index (χ0v) is 13.3. The van der Waals surface area contributed by atoms with Crippen molar-refractivity contribution in [2.24, 2.45) is 11.3 Å². The van der Waals surface area contributed by atoms with E-state index in [1.165, 1.54) is 6.26 Å². The zero-order valence-electron chi connectivity index (χ0n) is 12.5. The van der Waals surface area contributed by atoms with Crippen molar-refractivity contribution >= 4 is 10.0 Å². The van der Waals surface area contributed by atoms with Crippen LogP contribution in [0.1, 0.15) is 33.1 Å². The van der Waals surface area contributed by atoms with Crippen LogP contribution < -0.4 is 5.32 Å². The maximum Gasteiger partial charge on any atom is 0.211 e. The first-order valence-electron chi connectivity index (χ1n) is 7.10. The van der Waals surface area contributed by atoms with E-state index in [2.05, 4.69) is 25.7 Å². The molecule has 19 heavy (non-hydrogen) atoms. The van der Waals surface area contributed by atoms with Crippen LogP contribution in [0.3, 0.4) is 0 Å². The van der Waals surface area contributed by atoms with Crippen LogP contribution in [0.2, 0.25) is 0 Å². The summed E-state index contributed by atoms with van der Waals surface area (Å²) in [5, 5.41) is 3.37. The van der Waals surface area contributed by atoms with Crippen LogP contribution in [0.25, 0.3) is 0 Å². The molecule has 1 heterocycles. The minimum absolute atomic E-state index is 0.0428. The van der Waals surface area contributed by atoms with E-state index in [0.29, 0.717) is 19.0 Å². The van der Waals surface area contributed by atoms with Gasteiger partial charge in [-0.05, 0) is 37.1 Å². The van der Waals surface area contributed by atoms with Gasteiger partial charge in [-0.15, -0.1) is 6.58 Å². The Morgan fingerprint density at radius 1 is 1.53 bits per heavy atom. The normalized spacial score (nSPS) is 24.9. The molecule has 1 rings (SSSR count). The van der Waals surface area contributed by atoms with E-state index in [1.807, 2.05) is 6.08 Å². The molecule has 0 radical (unpaired) electrons. The summed E-state index contributed by atoms with van der Waals surface area (Å²) in [5.74, 6) is 0.435. The van der Waals surface area contributed by atoms with E-state index >= 15 is 0 Å². The van der Waals surface area contributed by atoms with Gasteiger partial charge in [0.2, 0.25) is 10.0 Å². The molecule has 0 saturated carbocycles. The number of nitrogens with zero attached hydrogens (tertiary/aromatic N) is 1. The van der Waals surface area contributed by atoms with Gasteiger partial charge in [0.05, 0.1) is 6.26 Å². The summed E-state index contributed by atoms with van der Waals surface area (Å²) in [6.45, 7) is 11.4. The largest absolute Gasteiger partial charge is 0.316 e. The van der Waals surface area contributed by atoms with Gasteiger partial charge in [-0.3, -0.25) is 0 Å². The molecule has 1 aliphatic rings. The SMILES string of the molecule is C=CC(C)(CNCC)CC1CCCN(S(C)(=O)=O)C1. The second-order valence-corrected chi connectivity index (χ2v) is 7.95. The highest BCUT2D eigenvalue weighted by molar-refractivity contribution is 7.88. The molecule has 0 aromatic carbocycles. The minimum Gasteiger partial charge on any atom is -0.316 e. The van der Waals surface area contributed by atoms with Crippen molar-refractivity contribution in [1.29, 1.82) is 0 Å². The smallest absolute Gasteiger partial charge is 0.211 e. The predicted molar refractivity (Wildman–Crippen MR) is 80.6 cm³/mol. The molecule has 112 valence electrons. The van der Waals surface area contributed by atoms with Crippen LogP contribution in [-0.2, 0) is 10.0 Å². The van der Waals surface area contributed by atoms with Gasteiger partial charge in [-0.25, -0.2) is 12.7 Å². The van der Waals surface area contributed by atoms with Crippen LogP contribution >= 0.6 is 0 Å². The molecule has 0 aromatic rings. The first-order chi connectivity index (χ1) is 8.80. The first kappa shape index (κ1) is 16.7. The molecule has 4 nitrogen and oxygen atoms in total. The fraction of sp³-hybridized carbons (Fsp3) is 0.857. The van der Waals surface area contributed by atoms with Crippen molar-refractivity contribution < 1.29 is 8.42 Å². The molecule has 0 aliphatic carbocycles. The molecular weight excluding hydrogens is 260 g/mol. The molecule has 1 saturated heterocycles. The molecule has 1 aliphatic heterocycles. The van der Waals surface area contributed by atoms with Gasteiger partial charge in [0.1, 0.15) is 0 Å². The van der Waals surface area contributed by atoms with Gasteiger partial charge in [-0.1, -0.05) is 19.9 Å². The van der Waals surface area contributed by atoms with Gasteiger partial charge < -0.3 is 5.32 Å². The third kappa shape index (κ3) is 5.24. The summed E-state index contributed by atoms with van der Waals surface area (Å²) in [5.41, 5.74) is 0.0428. The third-order valence-corrected chi connectivity index (χ3v) is 5.25. The highest BCUT2D eigenvalue weighted by Crippen LogP contribution is 2.32. The fourth-order valence-corrected chi connectivity index (χ4v) is 3.73. The lowest BCUT2D eigenvalue weighted by Crippen LogP contribution is -2.41. The molecule has 1 N–H and O–H groups in total. The lowest BCUT2D eigenvalue weighted by atomic mass is 9.78. The van der Waals surface area contributed by atoms with Gasteiger partial charge in [0.25, 0.3) is 0 Å². The lowest BCUT2D eigenvalue weighted by Gasteiger charge is -2.36. The molecule has 2 atom stereocenters. The fourth-order valence-electron chi connectivity index (χ4n) is 2.79. The quantitative estimate of drug-likeness (QED) is 0.727. The van der Waals surface area contributed by atoms with E-state index in [-0.39, 0.29) is 5.41 Å². The number of rotatable bonds is 7. The average molecular weight is 288 g/mol.